The van der Waals surface area contributed by atoms with Crippen molar-refractivity contribution >= 4 is 5.97 Å². The first-order valence-electron chi connectivity index (χ1n) is 5.07. The van der Waals surface area contributed by atoms with Crippen LogP contribution in [0.3, 0.4) is 0 Å². The van der Waals surface area contributed by atoms with E-state index in [1.807, 2.05) is 0 Å². The minimum atomic E-state index is -0.117. The summed E-state index contributed by atoms with van der Waals surface area (Å²) in [4.78, 5) is 11.6. The number of hydrogen-bond donors (Lipinski definition) is 1. The first-order valence-corrected chi connectivity index (χ1v) is 5.07. The third kappa shape index (κ3) is 2.13. The molecule has 1 aliphatic carbocycles. The molecule has 1 saturated carbocycles. The predicted octanol–water partition coefficient (Wildman–Crippen LogP) is 1.90. The molecule has 2 rings (SSSR count). The van der Waals surface area contributed by atoms with Crippen molar-refractivity contribution in [1.29, 1.82) is 0 Å². The normalized spacial score (nSPS) is 18.0. The summed E-state index contributed by atoms with van der Waals surface area (Å²) in [6, 6.07) is 1.65. The average molecular weight is 194 g/mol. The fourth-order valence-corrected chi connectivity index (χ4v) is 1.83. The van der Waals surface area contributed by atoms with Crippen LogP contribution in [-0.4, -0.2) is 16.2 Å². The minimum Gasteiger partial charge on any atom is -0.408 e. The number of H-pyrrole nitrogens is 1. The van der Waals surface area contributed by atoms with Crippen molar-refractivity contribution in [3.63, 3.8) is 0 Å². The van der Waals surface area contributed by atoms with Crippen molar-refractivity contribution in [3.8, 4) is 5.88 Å². The van der Waals surface area contributed by atoms with E-state index in [9.17, 15) is 4.79 Å². The molecule has 1 aliphatic rings. The number of aromatic nitrogens is 2. The van der Waals surface area contributed by atoms with Crippen LogP contribution in [0.1, 0.15) is 32.1 Å². The van der Waals surface area contributed by atoms with Crippen LogP contribution in [0, 0.1) is 5.92 Å². The highest BCUT2D eigenvalue weighted by atomic mass is 16.5. The fourth-order valence-electron chi connectivity index (χ4n) is 1.83. The van der Waals surface area contributed by atoms with Crippen molar-refractivity contribution in [2.75, 3.05) is 0 Å². The molecule has 0 atom stereocenters. The Kier molecular flexibility index (Phi) is 2.81. The molecule has 1 N–H and O–H groups in total. The first kappa shape index (κ1) is 9.24. The maximum absolute atomic E-state index is 11.6. The molecule has 0 spiro atoms. The van der Waals surface area contributed by atoms with Crippen molar-refractivity contribution in [3.05, 3.63) is 12.3 Å². The summed E-state index contributed by atoms with van der Waals surface area (Å²) < 4.78 is 5.14. The number of carbonyl (C=O) groups is 1. The topological polar surface area (TPSA) is 55.0 Å². The standard InChI is InChI=1S/C10H14N2O2/c13-10(8-4-2-1-3-5-8)14-9-6-7-11-12-9/h6-8H,1-5H2,(H,11,12). The summed E-state index contributed by atoms with van der Waals surface area (Å²) in [6.07, 6.45) is 7.03. The van der Waals surface area contributed by atoms with E-state index in [1.165, 1.54) is 6.42 Å². The summed E-state index contributed by atoms with van der Waals surface area (Å²) in [6.45, 7) is 0. The molecule has 0 radical (unpaired) electrons. The number of rotatable bonds is 2. The molecule has 0 aliphatic heterocycles. The van der Waals surface area contributed by atoms with Crippen LogP contribution in [0.5, 0.6) is 5.88 Å². The van der Waals surface area contributed by atoms with Crippen LogP contribution in [-0.2, 0) is 4.79 Å². The second kappa shape index (κ2) is 4.26. The Labute approximate surface area is 82.7 Å². The van der Waals surface area contributed by atoms with E-state index in [4.69, 9.17) is 4.74 Å². The highest BCUT2D eigenvalue weighted by Gasteiger charge is 2.23. The summed E-state index contributed by atoms with van der Waals surface area (Å²) in [5, 5.41) is 6.33. The van der Waals surface area contributed by atoms with Gasteiger partial charge in [-0.05, 0) is 12.8 Å². The number of ether oxygens (including phenoxy) is 1. The van der Waals surface area contributed by atoms with E-state index in [0.717, 1.165) is 25.7 Å². The van der Waals surface area contributed by atoms with Gasteiger partial charge in [0.15, 0.2) is 0 Å². The van der Waals surface area contributed by atoms with Gasteiger partial charge in [0, 0.05) is 6.07 Å². The lowest BCUT2D eigenvalue weighted by Crippen LogP contribution is -2.22. The third-order valence-electron chi connectivity index (χ3n) is 2.62. The smallest absolute Gasteiger partial charge is 0.315 e. The van der Waals surface area contributed by atoms with Gasteiger partial charge in [0.05, 0.1) is 12.1 Å². The molecular formula is C10H14N2O2. The van der Waals surface area contributed by atoms with Gasteiger partial charge >= 0.3 is 5.97 Å². The molecule has 0 bridgehead atoms. The highest BCUT2D eigenvalue weighted by molar-refractivity contribution is 5.74. The Balaban J connectivity index is 1.88. The maximum atomic E-state index is 11.6. The molecule has 1 aromatic heterocycles. The van der Waals surface area contributed by atoms with Gasteiger partial charge in [-0.1, -0.05) is 19.3 Å². The second-order valence-electron chi connectivity index (χ2n) is 3.68. The van der Waals surface area contributed by atoms with E-state index in [0.29, 0.717) is 5.88 Å². The Morgan fingerprint density at radius 3 is 2.86 bits per heavy atom. The number of aromatic amines is 1. The van der Waals surface area contributed by atoms with Crippen molar-refractivity contribution in [2.24, 2.45) is 5.92 Å². The van der Waals surface area contributed by atoms with Gasteiger partial charge in [-0.3, -0.25) is 4.79 Å². The van der Waals surface area contributed by atoms with Crippen molar-refractivity contribution < 1.29 is 9.53 Å². The van der Waals surface area contributed by atoms with Crippen LogP contribution < -0.4 is 4.74 Å². The van der Waals surface area contributed by atoms with E-state index < -0.39 is 0 Å². The zero-order chi connectivity index (χ0) is 9.80. The molecule has 1 heterocycles. The first-order chi connectivity index (χ1) is 6.86. The van der Waals surface area contributed by atoms with Gasteiger partial charge in [-0.15, -0.1) is 0 Å². The zero-order valence-corrected chi connectivity index (χ0v) is 8.03. The molecule has 4 nitrogen and oxygen atoms in total. The molecule has 0 aromatic carbocycles. The average Bonchev–Trinajstić information content (AvgIpc) is 2.72. The summed E-state index contributed by atoms with van der Waals surface area (Å²) in [7, 11) is 0. The lowest BCUT2D eigenvalue weighted by atomic mass is 9.89. The van der Waals surface area contributed by atoms with Crippen LogP contribution in [0.15, 0.2) is 12.3 Å². The van der Waals surface area contributed by atoms with Gasteiger partial charge in [0.1, 0.15) is 0 Å². The Morgan fingerprint density at radius 1 is 1.43 bits per heavy atom. The van der Waals surface area contributed by atoms with E-state index in [2.05, 4.69) is 10.2 Å². The number of carbonyl (C=O) groups excluding carboxylic acids is 1. The molecule has 76 valence electrons. The largest absolute Gasteiger partial charge is 0.408 e. The quantitative estimate of drug-likeness (QED) is 0.731. The number of nitrogens with zero attached hydrogens (tertiary/aromatic N) is 1. The highest BCUT2D eigenvalue weighted by Crippen LogP contribution is 2.24. The monoisotopic (exact) mass is 194 g/mol. The van der Waals surface area contributed by atoms with Crippen LogP contribution >= 0.6 is 0 Å². The summed E-state index contributed by atoms with van der Waals surface area (Å²) in [5.41, 5.74) is 0. The van der Waals surface area contributed by atoms with E-state index >= 15 is 0 Å². The number of nitrogens with one attached hydrogen (secondary N) is 1. The summed E-state index contributed by atoms with van der Waals surface area (Å²) in [5.74, 6) is 0.418. The SMILES string of the molecule is O=C(Oc1ccn[nH]1)C1CCCCC1. The third-order valence-corrected chi connectivity index (χ3v) is 2.62. The molecule has 4 heteroatoms. The lowest BCUT2D eigenvalue weighted by molar-refractivity contribution is -0.140. The molecule has 1 aromatic rings. The van der Waals surface area contributed by atoms with Gasteiger partial charge in [-0.25, -0.2) is 5.10 Å². The number of hydrogen-bond acceptors (Lipinski definition) is 3. The van der Waals surface area contributed by atoms with Gasteiger partial charge in [0.25, 0.3) is 0 Å². The van der Waals surface area contributed by atoms with Gasteiger partial charge in [-0.2, -0.15) is 5.10 Å². The Morgan fingerprint density at radius 2 is 2.21 bits per heavy atom. The van der Waals surface area contributed by atoms with Crippen LogP contribution in [0.4, 0.5) is 0 Å². The molecule has 0 amide bonds. The molecule has 0 saturated heterocycles. The summed E-state index contributed by atoms with van der Waals surface area (Å²) >= 11 is 0. The Bertz CT molecular complexity index is 289. The zero-order valence-electron chi connectivity index (χ0n) is 8.03. The maximum Gasteiger partial charge on any atom is 0.315 e. The van der Waals surface area contributed by atoms with Crippen molar-refractivity contribution in [1.82, 2.24) is 10.2 Å². The molecule has 1 fully saturated rings. The van der Waals surface area contributed by atoms with Crippen LogP contribution in [0.2, 0.25) is 0 Å². The molecular weight excluding hydrogens is 180 g/mol. The Hall–Kier alpha value is -1.32. The predicted molar refractivity (Wildman–Crippen MR) is 50.8 cm³/mol. The molecule has 0 unspecified atom stereocenters. The van der Waals surface area contributed by atoms with Crippen LogP contribution in [0.25, 0.3) is 0 Å². The second-order valence-corrected chi connectivity index (χ2v) is 3.68. The molecule has 14 heavy (non-hydrogen) atoms. The lowest BCUT2D eigenvalue weighted by Gasteiger charge is -2.18. The van der Waals surface area contributed by atoms with Gasteiger partial charge in [0.2, 0.25) is 5.88 Å². The van der Waals surface area contributed by atoms with Gasteiger partial charge < -0.3 is 4.74 Å². The number of esters is 1. The van der Waals surface area contributed by atoms with Crippen molar-refractivity contribution in [2.45, 2.75) is 32.1 Å². The minimum absolute atomic E-state index is 0.0899. The fraction of sp³-hybridized carbons (Fsp3) is 0.600. The van der Waals surface area contributed by atoms with E-state index in [-0.39, 0.29) is 11.9 Å². The van der Waals surface area contributed by atoms with E-state index in [1.54, 1.807) is 12.3 Å².